The van der Waals surface area contributed by atoms with Gasteiger partial charge in [-0.05, 0) is 36.1 Å². The second kappa shape index (κ2) is 11.0. The molecule has 3 rings (SSSR count). The molecular formula is C23H30N2O5. The Hall–Kier alpha value is -2.61. The van der Waals surface area contributed by atoms with Gasteiger partial charge in [0.15, 0.2) is 0 Å². The summed E-state index contributed by atoms with van der Waals surface area (Å²) in [5.74, 6) is 0.865. The monoisotopic (exact) mass is 414 g/mol. The van der Waals surface area contributed by atoms with Gasteiger partial charge in [-0.3, -0.25) is 0 Å². The molecule has 1 aliphatic heterocycles. The van der Waals surface area contributed by atoms with Gasteiger partial charge in [0.1, 0.15) is 5.75 Å². The first-order valence-corrected chi connectivity index (χ1v) is 10.2. The minimum absolute atomic E-state index is 0.0967. The van der Waals surface area contributed by atoms with Crippen LogP contribution in [-0.4, -0.2) is 54.8 Å². The van der Waals surface area contributed by atoms with E-state index in [4.69, 9.17) is 9.47 Å². The molecule has 0 spiro atoms. The van der Waals surface area contributed by atoms with Gasteiger partial charge in [-0.1, -0.05) is 42.5 Å². The maximum atomic E-state index is 11.4. The molecule has 0 radical (unpaired) electrons. The Morgan fingerprint density at radius 1 is 1.20 bits per heavy atom. The number of carboxylic acid groups (broad SMARTS) is 1. The molecule has 0 aliphatic carbocycles. The van der Waals surface area contributed by atoms with Crippen molar-refractivity contribution in [3.63, 3.8) is 0 Å². The number of aliphatic hydroxyl groups excluding tert-OH is 1. The van der Waals surface area contributed by atoms with Crippen LogP contribution in [0.3, 0.4) is 0 Å². The van der Waals surface area contributed by atoms with Crippen molar-refractivity contribution in [2.24, 2.45) is 5.92 Å². The molecule has 1 saturated heterocycles. The molecule has 2 aromatic rings. The lowest BCUT2D eigenvalue weighted by molar-refractivity contribution is 0.0554. The van der Waals surface area contributed by atoms with Crippen LogP contribution in [0.1, 0.15) is 17.5 Å². The zero-order valence-electron chi connectivity index (χ0n) is 17.2. The molecule has 7 nitrogen and oxygen atoms in total. The standard InChI is InChI=1S/C23H30N2O5/c1-29-19-9-5-8-17(12-19)14-24-21(18-10-11-30-15-18)22(26)20(25-23(27)28)13-16-6-3-2-4-7-16/h2-9,12,18,20-22,24-26H,10-11,13-15H2,1H3,(H,27,28)/t18?,20-,21-,22+/m0/s1. The third-order valence-corrected chi connectivity index (χ3v) is 5.54. The maximum absolute atomic E-state index is 11.4. The lowest BCUT2D eigenvalue weighted by Gasteiger charge is -2.34. The number of aliphatic hydroxyl groups is 1. The van der Waals surface area contributed by atoms with Crippen LogP contribution in [0.4, 0.5) is 4.79 Å². The zero-order chi connectivity index (χ0) is 21.3. The van der Waals surface area contributed by atoms with E-state index in [-0.39, 0.29) is 12.0 Å². The molecule has 0 saturated carbocycles. The second-order valence-electron chi connectivity index (χ2n) is 7.62. The van der Waals surface area contributed by atoms with E-state index in [1.165, 1.54) is 0 Å². The van der Waals surface area contributed by atoms with Gasteiger partial charge in [-0.15, -0.1) is 0 Å². The predicted molar refractivity (Wildman–Crippen MR) is 114 cm³/mol. The Balaban J connectivity index is 1.76. The largest absolute Gasteiger partial charge is 0.497 e. The minimum Gasteiger partial charge on any atom is -0.497 e. The zero-order valence-corrected chi connectivity index (χ0v) is 17.2. The molecule has 4 atom stereocenters. The van der Waals surface area contributed by atoms with Crippen molar-refractivity contribution in [1.29, 1.82) is 0 Å². The molecule has 7 heteroatoms. The summed E-state index contributed by atoms with van der Waals surface area (Å²) in [6.45, 7) is 1.71. The van der Waals surface area contributed by atoms with E-state index in [1.54, 1.807) is 7.11 Å². The highest BCUT2D eigenvalue weighted by Gasteiger charge is 2.36. The summed E-state index contributed by atoms with van der Waals surface area (Å²) >= 11 is 0. The summed E-state index contributed by atoms with van der Waals surface area (Å²) in [6.07, 6.45) is -0.847. The Morgan fingerprint density at radius 2 is 1.97 bits per heavy atom. The second-order valence-corrected chi connectivity index (χ2v) is 7.62. The number of hydrogen-bond acceptors (Lipinski definition) is 5. The number of benzene rings is 2. The molecule has 0 aromatic heterocycles. The van der Waals surface area contributed by atoms with Gasteiger partial charge in [0.05, 0.1) is 25.9 Å². The highest BCUT2D eigenvalue weighted by atomic mass is 16.5. The number of rotatable bonds is 10. The molecule has 162 valence electrons. The van der Waals surface area contributed by atoms with Crippen molar-refractivity contribution >= 4 is 6.09 Å². The maximum Gasteiger partial charge on any atom is 0.404 e. The van der Waals surface area contributed by atoms with Gasteiger partial charge in [0.25, 0.3) is 0 Å². The van der Waals surface area contributed by atoms with E-state index >= 15 is 0 Å². The van der Waals surface area contributed by atoms with Gasteiger partial charge < -0.3 is 30.3 Å². The quantitative estimate of drug-likeness (QED) is 0.477. The first-order chi connectivity index (χ1) is 14.6. The number of methoxy groups -OCH3 is 1. The van der Waals surface area contributed by atoms with Crippen molar-refractivity contribution in [2.45, 2.75) is 37.6 Å². The predicted octanol–water partition coefficient (Wildman–Crippen LogP) is 2.43. The topological polar surface area (TPSA) is 100 Å². The van der Waals surface area contributed by atoms with Gasteiger partial charge >= 0.3 is 6.09 Å². The first kappa shape index (κ1) is 22.1. The molecule has 1 heterocycles. The first-order valence-electron chi connectivity index (χ1n) is 10.2. The van der Waals surface area contributed by atoms with Crippen molar-refractivity contribution in [3.05, 3.63) is 65.7 Å². The summed E-state index contributed by atoms with van der Waals surface area (Å²) in [7, 11) is 1.63. The van der Waals surface area contributed by atoms with Crippen LogP contribution in [0.25, 0.3) is 0 Å². The van der Waals surface area contributed by atoms with Crippen molar-refractivity contribution < 1.29 is 24.5 Å². The van der Waals surface area contributed by atoms with Gasteiger partial charge in [-0.2, -0.15) is 0 Å². The fourth-order valence-corrected chi connectivity index (χ4v) is 3.95. The minimum atomic E-state index is -1.15. The summed E-state index contributed by atoms with van der Waals surface area (Å²) < 4.78 is 10.8. The molecule has 0 bridgehead atoms. The molecule has 1 aliphatic rings. The number of hydrogen-bond donors (Lipinski definition) is 4. The van der Waals surface area contributed by atoms with Crippen LogP contribution in [0.2, 0.25) is 0 Å². The molecule has 1 amide bonds. The van der Waals surface area contributed by atoms with Crippen molar-refractivity contribution in [3.8, 4) is 5.75 Å². The van der Waals surface area contributed by atoms with E-state index < -0.39 is 18.2 Å². The highest BCUT2D eigenvalue weighted by molar-refractivity contribution is 5.65. The van der Waals surface area contributed by atoms with Crippen LogP contribution in [0, 0.1) is 5.92 Å². The van der Waals surface area contributed by atoms with E-state index in [2.05, 4.69) is 10.6 Å². The Bertz CT molecular complexity index is 795. The fraction of sp³-hybridized carbons (Fsp3) is 0.435. The Labute approximate surface area is 177 Å². The van der Waals surface area contributed by atoms with Crippen molar-refractivity contribution in [2.75, 3.05) is 20.3 Å². The summed E-state index contributed by atoms with van der Waals surface area (Å²) in [5.41, 5.74) is 1.99. The third-order valence-electron chi connectivity index (χ3n) is 5.54. The molecule has 4 N–H and O–H groups in total. The summed E-state index contributed by atoms with van der Waals surface area (Å²) in [6, 6.07) is 16.4. The van der Waals surface area contributed by atoms with Crippen LogP contribution in [0.5, 0.6) is 5.75 Å². The van der Waals surface area contributed by atoms with Crippen LogP contribution < -0.4 is 15.4 Å². The van der Waals surface area contributed by atoms with E-state index in [9.17, 15) is 15.0 Å². The molecular weight excluding hydrogens is 384 g/mol. The van der Waals surface area contributed by atoms with Crippen LogP contribution >= 0.6 is 0 Å². The Morgan fingerprint density at radius 3 is 2.63 bits per heavy atom. The number of amides is 1. The van der Waals surface area contributed by atoms with E-state index in [1.807, 2.05) is 54.6 Å². The number of ether oxygens (including phenoxy) is 2. The number of nitrogens with one attached hydrogen (secondary N) is 2. The summed E-state index contributed by atoms with van der Waals surface area (Å²) in [4.78, 5) is 11.4. The van der Waals surface area contributed by atoms with Crippen LogP contribution in [-0.2, 0) is 17.7 Å². The smallest absolute Gasteiger partial charge is 0.404 e. The van der Waals surface area contributed by atoms with Crippen LogP contribution in [0.15, 0.2) is 54.6 Å². The average Bonchev–Trinajstić information content (AvgIpc) is 3.28. The van der Waals surface area contributed by atoms with Crippen molar-refractivity contribution in [1.82, 2.24) is 10.6 Å². The third kappa shape index (κ3) is 6.19. The lowest BCUT2D eigenvalue weighted by atomic mass is 9.87. The molecule has 2 aromatic carbocycles. The Kier molecular flexibility index (Phi) is 8.07. The number of carbonyl (C=O) groups is 1. The molecule has 1 unspecified atom stereocenters. The summed E-state index contributed by atoms with van der Waals surface area (Å²) in [5, 5.41) is 26.6. The highest BCUT2D eigenvalue weighted by Crippen LogP contribution is 2.23. The van der Waals surface area contributed by atoms with E-state index in [0.29, 0.717) is 26.2 Å². The average molecular weight is 415 g/mol. The van der Waals surface area contributed by atoms with Gasteiger partial charge in [0, 0.05) is 25.1 Å². The lowest BCUT2D eigenvalue weighted by Crippen LogP contribution is -2.56. The molecule has 1 fully saturated rings. The van der Waals surface area contributed by atoms with Gasteiger partial charge in [-0.25, -0.2) is 4.79 Å². The molecule has 30 heavy (non-hydrogen) atoms. The van der Waals surface area contributed by atoms with E-state index in [0.717, 1.165) is 23.3 Å². The SMILES string of the molecule is COc1cccc(CN[C@@H](C2CCOC2)[C@H](O)[C@H](Cc2ccccc2)NC(=O)O)c1. The normalized spacial score (nSPS) is 19.1. The fourth-order valence-electron chi connectivity index (χ4n) is 3.95. The van der Waals surface area contributed by atoms with Gasteiger partial charge in [0.2, 0.25) is 0 Å².